The van der Waals surface area contributed by atoms with Crippen LogP contribution in [0.4, 0.5) is 8.78 Å². The first-order valence-corrected chi connectivity index (χ1v) is 6.10. The number of halogens is 3. The minimum absolute atomic E-state index is 0. The molecule has 4 heteroatoms. The van der Waals surface area contributed by atoms with Gasteiger partial charge in [0.2, 0.25) is 5.92 Å². The van der Waals surface area contributed by atoms with Crippen LogP contribution in [0.5, 0.6) is 0 Å². The maximum Gasteiger partial charge on any atom is 0.248 e. The molecule has 0 atom stereocenters. The predicted octanol–water partition coefficient (Wildman–Crippen LogP) is 3.62. The number of rotatable bonds is 1. The zero-order valence-corrected chi connectivity index (χ0v) is 10.7. The van der Waals surface area contributed by atoms with E-state index in [4.69, 9.17) is 0 Å². The second-order valence-corrected chi connectivity index (χ2v) is 5.53. The molecule has 0 unspecified atom stereocenters. The van der Waals surface area contributed by atoms with Gasteiger partial charge in [-0.05, 0) is 50.1 Å². The van der Waals surface area contributed by atoms with Crippen LogP contribution in [0.1, 0.15) is 45.4 Å². The van der Waals surface area contributed by atoms with Crippen LogP contribution < -0.4 is 5.32 Å². The van der Waals surface area contributed by atoms with Gasteiger partial charge < -0.3 is 5.32 Å². The molecule has 1 aliphatic carbocycles. The SMILES string of the molecule is CC1(C2CCC(F)(F)CC2)CCNCC1.Cl. The van der Waals surface area contributed by atoms with Gasteiger partial charge in [-0.15, -0.1) is 12.4 Å². The van der Waals surface area contributed by atoms with Crippen molar-refractivity contribution in [2.75, 3.05) is 13.1 Å². The van der Waals surface area contributed by atoms with Crippen LogP contribution in [-0.4, -0.2) is 19.0 Å². The highest BCUT2D eigenvalue weighted by molar-refractivity contribution is 5.85. The van der Waals surface area contributed by atoms with E-state index in [0.29, 0.717) is 11.3 Å². The zero-order chi connectivity index (χ0) is 10.9. The Morgan fingerprint density at radius 3 is 2.00 bits per heavy atom. The fraction of sp³-hybridized carbons (Fsp3) is 1.00. The highest BCUT2D eigenvalue weighted by Crippen LogP contribution is 2.47. The molecular formula is C12H22ClF2N. The quantitative estimate of drug-likeness (QED) is 0.753. The summed E-state index contributed by atoms with van der Waals surface area (Å²) in [6.07, 6.45) is 3.99. The number of hydrogen-bond acceptors (Lipinski definition) is 1. The molecule has 2 fully saturated rings. The third-order valence-electron chi connectivity index (χ3n) is 4.45. The summed E-state index contributed by atoms with van der Waals surface area (Å²) >= 11 is 0. The summed E-state index contributed by atoms with van der Waals surface area (Å²) in [4.78, 5) is 0. The maximum absolute atomic E-state index is 13.1. The van der Waals surface area contributed by atoms with Crippen molar-refractivity contribution in [2.24, 2.45) is 11.3 Å². The summed E-state index contributed by atoms with van der Waals surface area (Å²) in [6.45, 7) is 4.41. The molecule has 1 nitrogen and oxygen atoms in total. The Morgan fingerprint density at radius 1 is 1.00 bits per heavy atom. The molecule has 1 saturated carbocycles. The summed E-state index contributed by atoms with van der Waals surface area (Å²) in [5.74, 6) is -1.85. The lowest BCUT2D eigenvalue weighted by Crippen LogP contribution is -2.42. The lowest BCUT2D eigenvalue weighted by atomic mass is 9.65. The van der Waals surface area contributed by atoms with Gasteiger partial charge in [-0.1, -0.05) is 6.92 Å². The predicted molar refractivity (Wildman–Crippen MR) is 64.4 cm³/mol. The summed E-state index contributed by atoms with van der Waals surface area (Å²) in [5.41, 5.74) is 0.321. The van der Waals surface area contributed by atoms with E-state index >= 15 is 0 Å². The van der Waals surface area contributed by atoms with Crippen LogP contribution in [0, 0.1) is 11.3 Å². The molecule has 0 aromatic heterocycles. The second-order valence-electron chi connectivity index (χ2n) is 5.53. The van der Waals surface area contributed by atoms with Gasteiger partial charge in [0.05, 0.1) is 0 Å². The zero-order valence-electron chi connectivity index (χ0n) is 9.90. The smallest absolute Gasteiger partial charge is 0.248 e. The molecule has 2 aliphatic rings. The van der Waals surface area contributed by atoms with Crippen molar-refractivity contribution >= 4 is 12.4 Å². The van der Waals surface area contributed by atoms with Crippen molar-refractivity contribution in [3.63, 3.8) is 0 Å². The maximum atomic E-state index is 13.1. The largest absolute Gasteiger partial charge is 0.317 e. The van der Waals surface area contributed by atoms with E-state index in [0.717, 1.165) is 38.8 Å². The summed E-state index contributed by atoms with van der Waals surface area (Å²) < 4.78 is 26.1. The third-order valence-corrected chi connectivity index (χ3v) is 4.45. The first-order valence-electron chi connectivity index (χ1n) is 6.10. The van der Waals surface area contributed by atoms with Crippen molar-refractivity contribution in [2.45, 2.75) is 51.4 Å². The summed E-state index contributed by atoms with van der Waals surface area (Å²) in [7, 11) is 0. The molecular weight excluding hydrogens is 232 g/mol. The van der Waals surface area contributed by atoms with Crippen molar-refractivity contribution in [1.82, 2.24) is 5.32 Å². The van der Waals surface area contributed by atoms with Crippen molar-refractivity contribution in [3.05, 3.63) is 0 Å². The van der Waals surface area contributed by atoms with Gasteiger partial charge in [-0.3, -0.25) is 0 Å². The van der Waals surface area contributed by atoms with E-state index in [1.165, 1.54) is 0 Å². The van der Waals surface area contributed by atoms with Crippen molar-refractivity contribution in [3.8, 4) is 0 Å². The van der Waals surface area contributed by atoms with E-state index in [9.17, 15) is 8.78 Å². The minimum Gasteiger partial charge on any atom is -0.317 e. The Bertz CT molecular complexity index is 217. The Hall–Kier alpha value is 0.110. The van der Waals surface area contributed by atoms with Crippen LogP contribution in [0.3, 0.4) is 0 Å². The molecule has 0 bridgehead atoms. The number of piperidine rings is 1. The lowest BCUT2D eigenvalue weighted by Gasteiger charge is -2.44. The average molecular weight is 254 g/mol. The van der Waals surface area contributed by atoms with E-state index in [1.807, 2.05) is 0 Å². The van der Waals surface area contributed by atoms with Crippen LogP contribution >= 0.6 is 12.4 Å². The van der Waals surface area contributed by atoms with Gasteiger partial charge in [-0.25, -0.2) is 8.78 Å². The van der Waals surface area contributed by atoms with Crippen LogP contribution in [0.25, 0.3) is 0 Å². The van der Waals surface area contributed by atoms with Crippen LogP contribution in [-0.2, 0) is 0 Å². The number of hydrogen-bond donors (Lipinski definition) is 1. The molecule has 1 saturated heterocycles. The van der Waals surface area contributed by atoms with Gasteiger partial charge in [-0.2, -0.15) is 0 Å². The molecule has 0 spiro atoms. The third kappa shape index (κ3) is 3.07. The number of alkyl halides is 2. The highest BCUT2D eigenvalue weighted by atomic mass is 35.5. The fourth-order valence-corrected chi connectivity index (χ4v) is 3.14. The van der Waals surface area contributed by atoms with Gasteiger partial charge in [0.1, 0.15) is 0 Å². The Morgan fingerprint density at radius 2 is 1.50 bits per heavy atom. The Balaban J connectivity index is 0.00000128. The molecule has 2 rings (SSSR count). The summed E-state index contributed by atoms with van der Waals surface area (Å²) in [5, 5.41) is 3.35. The Labute approximate surface area is 103 Å². The standard InChI is InChI=1S/C12H21F2N.ClH/c1-11(6-8-15-9-7-11)10-2-4-12(13,14)5-3-10;/h10,15H,2-9H2,1H3;1H. The molecule has 16 heavy (non-hydrogen) atoms. The molecule has 0 amide bonds. The fourth-order valence-electron chi connectivity index (χ4n) is 3.14. The minimum atomic E-state index is -2.38. The molecule has 1 aliphatic heterocycles. The monoisotopic (exact) mass is 253 g/mol. The van der Waals surface area contributed by atoms with Gasteiger partial charge in [0, 0.05) is 12.8 Å². The van der Waals surface area contributed by atoms with Crippen molar-refractivity contribution in [1.29, 1.82) is 0 Å². The van der Waals surface area contributed by atoms with Crippen LogP contribution in [0.2, 0.25) is 0 Å². The first-order chi connectivity index (χ1) is 7.02. The van der Waals surface area contributed by atoms with Crippen LogP contribution in [0.15, 0.2) is 0 Å². The highest BCUT2D eigenvalue weighted by Gasteiger charge is 2.42. The second kappa shape index (κ2) is 5.18. The molecule has 0 aromatic rings. The van der Waals surface area contributed by atoms with Gasteiger partial charge >= 0.3 is 0 Å². The number of nitrogens with one attached hydrogen (secondary N) is 1. The van der Waals surface area contributed by atoms with E-state index < -0.39 is 5.92 Å². The molecule has 96 valence electrons. The molecule has 1 N–H and O–H groups in total. The Kier molecular flexibility index (Phi) is 4.58. The average Bonchev–Trinajstić information content (AvgIpc) is 2.18. The molecule has 0 radical (unpaired) electrons. The van der Waals surface area contributed by atoms with Crippen molar-refractivity contribution < 1.29 is 8.78 Å². The normalized spacial score (nSPS) is 29.4. The van der Waals surface area contributed by atoms with Gasteiger partial charge in [0.15, 0.2) is 0 Å². The molecule has 0 aromatic carbocycles. The topological polar surface area (TPSA) is 12.0 Å². The van der Waals surface area contributed by atoms with E-state index in [-0.39, 0.29) is 25.2 Å². The van der Waals surface area contributed by atoms with E-state index in [1.54, 1.807) is 0 Å². The molecule has 1 heterocycles. The van der Waals surface area contributed by atoms with Gasteiger partial charge in [0.25, 0.3) is 0 Å². The lowest BCUT2D eigenvalue weighted by molar-refractivity contribution is -0.0659. The first kappa shape index (κ1) is 14.2. The summed E-state index contributed by atoms with van der Waals surface area (Å²) in [6, 6.07) is 0. The van der Waals surface area contributed by atoms with E-state index in [2.05, 4.69) is 12.2 Å².